The van der Waals surface area contributed by atoms with E-state index in [1.54, 1.807) is 0 Å². The predicted octanol–water partition coefficient (Wildman–Crippen LogP) is 4.34. The summed E-state index contributed by atoms with van der Waals surface area (Å²) < 4.78 is 11.6. The summed E-state index contributed by atoms with van der Waals surface area (Å²) >= 11 is 0. The van der Waals surface area contributed by atoms with Crippen molar-refractivity contribution in [1.29, 1.82) is 0 Å². The van der Waals surface area contributed by atoms with Crippen LogP contribution in [0.5, 0.6) is 0 Å². The Labute approximate surface area is 102 Å². The van der Waals surface area contributed by atoms with E-state index in [1.807, 2.05) is 0 Å². The van der Waals surface area contributed by atoms with Gasteiger partial charge in [0.15, 0.2) is 6.29 Å². The van der Waals surface area contributed by atoms with E-state index < -0.39 is 0 Å². The molecule has 2 heteroatoms. The van der Waals surface area contributed by atoms with Gasteiger partial charge >= 0.3 is 0 Å². The molecular weight excluding hydrogens is 200 g/mol. The van der Waals surface area contributed by atoms with Crippen LogP contribution in [0.1, 0.15) is 66.2 Å². The summed E-state index contributed by atoms with van der Waals surface area (Å²) in [5, 5.41) is 0. The van der Waals surface area contributed by atoms with Crippen molar-refractivity contribution in [3.8, 4) is 0 Å². The van der Waals surface area contributed by atoms with Crippen LogP contribution >= 0.6 is 0 Å². The van der Waals surface area contributed by atoms with Gasteiger partial charge < -0.3 is 9.47 Å². The van der Waals surface area contributed by atoms with Crippen molar-refractivity contribution >= 4 is 0 Å². The topological polar surface area (TPSA) is 18.5 Å². The number of hydrogen-bond donors (Lipinski definition) is 0. The highest BCUT2D eigenvalue weighted by atomic mass is 16.7. The molecule has 0 aliphatic carbocycles. The Morgan fingerprint density at radius 2 is 1.19 bits per heavy atom. The molecule has 0 aliphatic rings. The second-order valence-electron chi connectivity index (χ2n) is 4.34. The van der Waals surface area contributed by atoms with E-state index in [-0.39, 0.29) is 6.29 Å². The fourth-order valence-corrected chi connectivity index (χ4v) is 1.84. The van der Waals surface area contributed by atoms with Gasteiger partial charge in [-0.25, -0.2) is 0 Å². The third-order valence-corrected chi connectivity index (χ3v) is 2.82. The Kier molecular flexibility index (Phi) is 10.0. The van der Waals surface area contributed by atoms with Crippen molar-refractivity contribution in [2.75, 3.05) is 0 Å². The van der Waals surface area contributed by atoms with Crippen molar-refractivity contribution in [3.05, 3.63) is 6.92 Å². The van der Waals surface area contributed by atoms with Crippen molar-refractivity contribution < 1.29 is 9.47 Å². The molecular formula is C14H29O2. The summed E-state index contributed by atoms with van der Waals surface area (Å²) in [6, 6.07) is 0. The maximum absolute atomic E-state index is 5.79. The average molecular weight is 229 g/mol. The molecule has 0 aromatic carbocycles. The molecule has 0 bridgehead atoms. The first-order valence-corrected chi connectivity index (χ1v) is 6.81. The lowest BCUT2D eigenvalue weighted by Gasteiger charge is -2.25. The maximum atomic E-state index is 5.79. The number of hydrogen-bond acceptors (Lipinski definition) is 2. The molecule has 0 fully saturated rings. The lowest BCUT2D eigenvalue weighted by atomic mass is 10.1. The van der Waals surface area contributed by atoms with Crippen LogP contribution in [0.3, 0.4) is 0 Å². The largest absolute Gasteiger partial charge is 0.349 e. The Bertz CT molecular complexity index is 132. The first-order valence-electron chi connectivity index (χ1n) is 6.81. The summed E-state index contributed by atoms with van der Waals surface area (Å²) in [6.07, 6.45) is 6.84. The normalized spacial score (nSPS) is 17.1. The Morgan fingerprint density at radius 3 is 1.44 bits per heavy atom. The lowest BCUT2D eigenvalue weighted by Crippen LogP contribution is -2.26. The minimum atomic E-state index is -0.312. The molecule has 0 heterocycles. The molecule has 0 aromatic heterocycles. The second kappa shape index (κ2) is 10.1. The first kappa shape index (κ1) is 15.9. The molecule has 0 rings (SSSR count). The Hall–Kier alpha value is -0.0800. The molecule has 2 unspecified atom stereocenters. The summed E-state index contributed by atoms with van der Waals surface area (Å²) in [5.74, 6) is 0. The van der Waals surface area contributed by atoms with Crippen molar-refractivity contribution in [1.82, 2.24) is 0 Å². The number of ether oxygens (including phenoxy) is 2. The summed E-state index contributed by atoms with van der Waals surface area (Å²) in [7, 11) is 0. The van der Waals surface area contributed by atoms with Crippen molar-refractivity contribution in [3.63, 3.8) is 0 Å². The van der Waals surface area contributed by atoms with E-state index in [0.29, 0.717) is 12.2 Å². The lowest BCUT2D eigenvalue weighted by molar-refractivity contribution is -0.173. The SMILES string of the molecule is [CH2]C(OC(CC)CCC)OC(CC)CCC. The molecule has 0 saturated carbocycles. The Morgan fingerprint density at radius 1 is 0.812 bits per heavy atom. The highest BCUT2D eigenvalue weighted by Crippen LogP contribution is 2.14. The molecule has 16 heavy (non-hydrogen) atoms. The fourth-order valence-electron chi connectivity index (χ4n) is 1.84. The van der Waals surface area contributed by atoms with E-state index in [9.17, 15) is 0 Å². The minimum absolute atomic E-state index is 0.298. The van der Waals surface area contributed by atoms with E-state index >= 15 is 0 Å². The van der Waals surface area contributed by atoms with Crippen LogP contribution in [0.4, 0.5) is 0 Å². The van der Waals surface area contributed by atoms with Gasteiger partial charge in [-0.2, -0.15) is 0 Å². The van der Waals surface area contributed by atoms with Crippen LogP contribution in [0, 0.1) is 6.92 Å². The summed E-state index contributed by atoms with van der Waals surface area (Å²) in [4.78, 5) is 0. The highest BCUT2D eigenvalue weighted by Gasteiger charge is 2.15. The zero-order valence-electron chi connectivity index (χ0n) is 11.5. The van der Waals surface area contributed by atoms with Gasteiger partial charge in [-0.1, -0.05) is 40.5 Å². The monoisotopic (exact) mass is 229 g/mol. The van der Waals surface area contributed by atoms with E-state index in [1.165, 1.54) is 0 Å². The molecule has 0 aromatic rings. The van der Waals surface area contributed by atoms with Crippen LogP contribution in [0.2, 0.25) is 0 Å². The van der Waals surface area contributed by atoms with Gasteiger partial charge in [0, 0.05) is 6.92 Å². The van der Waals surface area contributed by atoms with Crippen molar-refractivity contribution in [2.24, 2.45) is 0 Å². The van der Waals surface area contributed by atoms with E-state index in [0.717, 1.165) is 38.5 Å². The predicted molar refractivity (Wildman–Crippen MR) is 69.3 cm³/mol. The molecule has 0 saturated heterocycles. The van der Waals surface area contributed by atoms with Gasteiger partial charge in [0.25, 0.3) is 0 Å². The van der Waals surface area contributed by atoms with Gasteiger partial charge in [0.1, 0.15) is 0 Å². The van der Waals surface area contributed by atoms with Crippen LogP contribution in [0.25, 0.3) is 0 Å². The van der Waals surface area contributed by atoms with Gasteiger partial charge in [-0.05, 0) is 25.7 Å². The van der Waals surface area contributed by atoms with Gasteiger partial charge in [-0.3, -0.25) is 0 Å². The third-order valence-electron chi connectivity index (χ3n) is 2.82. The molecule has 0 spiro atoms. The van der Waals surface area contributed by atoms with Gasteiger partial charge in [-0.15, -0.1) is 0 Å². The minimum Gasteiger partial charge on any atom is -0.349 e. The van der Waals surface area contributed by atoms with Gasteiger partial charge in [0.05, 0.1) is 12.2 Å². The van der Waals surface area contributed by atoms with Gasteiger partial charge in [0.2, 0.25) is 0 Å². The summed E-state index contributed by atoms with van der Waals surface area (Å²) in [5.41, 5.74) is 0. The number of rotatable bonds is 10. The third kappa shape index (κ3) is 7.24. The van der Waals surface area contributed by atoms with Crippen LogP contribution in [-0.2, 0) is 9.47 Å². The second-order valence-corrected chi connectivity index (χ2v) is 4.34. The molecule has 2 nitrogen and oxygen atoms in total. The molecule has 1 radical (unpaired) electrons. The fraction of sp³-hybridized carbons (Fsp3) is 0.929. The molecule has 0 aliphatic heterocycles. The smallest absolute Gasteiger partial charge is 0.158 e. The summed E-state index contributed by atoms with van der Waals surface area (Å²) in [6.45, 7) is 12.6. The molecule has 97 valence electrons. The molecule has 0 amide bonds. The highest BCUT2D eigenvalue weighted by molar-refractivity contribution is 4.61. The quantitative estimate of drug-likeness (QED) is 0.519. The maximum Gasteiger partial charge on any atom is 0.158 e. The van der Waals surface area contributed by atoms with Crippen LogP contribution in [0.15, 0.2) is 0 Å². The van der Waals surface area contributed by atoms with E-state index in [4.69, 9.17) is 9.47 Å². The average Bonchev–Trinajstić information content (AvgIpc) is 2.27. The Balaban J connectivity index is 3.88. The van der Waals surface area contributed by atoms with Crippen molar-refractivity contribution in [2.45, 2.75) is 84.7 Å². The standard InChI is InChI=1S/C14H29O2/c1-6-10-13(8-3)15-12(5)16-14(9-4)11-7-2/h12-14H,5-11H2,1-4H3. The molecule has 0 N–H and O–H groups in total. The zero-order chi connectivity index (χ0) is 12.4. The van der Waals surface area contributed by atoms with Crippen LogP contribution in [-0.4, -0.2) is 18.5 Å². The zero-order valence-corrected chi connectivity index (χ0v) is 11.5. The van der Waals surface area contributed by atoms with Crippen LogP contribution < -0.4 is 0 Å². The van der Waals surface area contributed by atoms with E-state index in [2.05, 4.69) is 34.6 Å². The molecule has 2 atom stereocenters. The first-order chi connectivity index (χ1) is 7.67.